The summed E-state index contributed by atoms with van der Waals surface area (Å²) in [4.78, 5) is 0. The Morgan fingerprint density at radius 1 is 1.43 bits per heavy atom. The van der Waals surface area contributed by atoms with Crippen LogP contribution < -0.4 is 5.32 Å². The van der Waals surface area contributed by atoms with Crippen LogP contribution in [0.1, 0.15) is 39.5 Å². The Hall–Kier alpha value is -0.500. The summed E-state index contributed by atoms with van der Waals surface area (Å²) in [6.07, 6.45) is 7.17. The smallest absolute Gasteiger partial charge is 0.112 e. The maximum atomic E-state index is 5.83. The molecule has 0 bridgehead atoms. The summed E-state index contributed by atoms with van der Waals surface area (Å²) in [5, 5.41) is 3.65. The first kappa shape index (κ1) is 10.0. The van der Waals surface area contributed by atoms with Gasteiger partial charge in [0.25, 0.3) is 0 Å². The zero-order chi connectivity index (χ0) is 10.0. The lowest BCUT2D eigenvalue weighted by molar-refractivity contribution is 0.116. The molecule has 0 amide bonds. The molecule has 0 aromatic carbocycles. The fourth-order valence-corrected chi connectivity index (χ4v) is 2.62. The maximum absolute atomic E-state index is 5.83. The molecular weight excluding hydrogens is 174 g/mol. The van der Waals surface area contributed by atoms with Crippen LogP contribution in [0.4, 0.5) is 0 Å². The van der Waals surface area contributed by atoms with Crippen molar-refractivity contribution in [3.05, 3.63) is 11.8 Å². The van der Waals surface area contributed by atoms with E-state index < -0.39 is 0 Å². The molecule has 2 aliphatic heterocycles. The van der Waals surface area contributed by atoms with Crippen molar-refractivity contribution in [1.29, 1.82) is 0 Å². The molecule has 0 radical (unpaired) electrons. The second kappa shape index (κ2) is 3.93. The van der Waals surface area contributed by atoms with Gasteiger partial charge in [0.1, 0.15) is 5.76 Å². The Morgan fingerprint density at radius 2 is 2.29 bits per heavy atom. The molecular formula is C12H21NO. The van der Waals surface area contributed by atoms with Gasteiger partial charge in [0.05, 0.1) is 12.1 Å². The molecule has 2 heteroatoms. The maximum Gasteiger partial charge on any atom is 0.112 e. The SMILES string of the molecule is CC(C)C1(C2=CCCCO2)CCCN1. The number of ether oxygens (including phenoxy) is 1. The minimum absolute atomic E-state index is 0.153. The van der Waals surface area contributed by atoms with E-state index in [4.69, 9.17) is 4.74 Å². The van der Waals surface area contributed by atoms with Crippen molar-refractivity contribution in [3.8, 4) is 0 Å². The molecule has 1 fully saturated rings. The minimum atomic E-state index is 0.153. The fraction of sp³-hybridized carbons (Fsp3) is 0.833. The lowest BCUT2D eigenvalue weighted by Gasteiger charge is -2.37. The standard InChI is InChI=1S/C12H21NO/c1-10(2)12(7-5-8-13-12)11-6-3-4-9-14-11/h6,10,13H,3-5,7-9H2,1-2H3. The molecule has 1 unspecified atom stereocenters. The van der Waals surface area contributed by atoms with Gasteiger partial charge in [0.15, 0.2) is 0 Å². The van der Waals surface area contributed by atoms with E-state index in [1.54, 1.807) is 0 Å². The summed E-state index contributed by atoms with van der Waals surface area (Å²) in [5.74, 6) is 1.84. The van der Waals surface area contributed by atoms with Gasteiger partial charge in [-0.1, -0.05) is 13.8 Å². The van der Waals surface area contributed by atoms with Gasteiger partial charge < -0.3 is 10.1 Å². The molecule has 1 atom stereocenters. The number of hydrogen-bond acceptors (Lipinski definition) is 2. The first-order valence-corrected chi connectivity index (χ1v) is 5.84. The van der Waals surface area contributed by atoms with E-state index in [2.05, 4.69) is 25.2 Å². The molecule has 0 spiro atoms. The van der Waals surface area contributed by atoms with Crippen molar-refractivity contribution < 1.29 is 4.74 Å². The van der Waals surface area contributed by atoms with Crippen molar-refractivity contribution in [2.24, 2.45) is 5.92 Å². The van der Waals surface area contributed by atoms with Gasteiger partial charge in [-0.2, -0.15) is 0 Å². The molecule has 0 aliphatic carbocycles. The van der Waals surface area contributed by atoms with Crippen molar-refractivity contribution in [2.75, 3.05) is 13.2 Å². The summed E-state index contributed by atoms with van der Waals surface area (Å²) >= 11 is 0. The number of allylic oxidation sites excluding steroid dienone is 1. The van der Waals surface area contributed by atoms with Crippen LogP contribution >= 0.6 is 0 Å². The normalized spacial score (nSPS) is 32.9. The zero-order valence-corrected chi connectivity index (χ0v) is 9.31. The minimum Gasteiger partial charge on any atom is -0.496 e. The van der Waals surface area contributed by atoms with E-state index in [9.17, 15) is 0 Å². The highest BCUT2D eigenvalue weighted by Gasteiger charge is 2.41. The van der Waals surface area contributed by atoms with E-state index in [-0.39, 0.29) is 5.54 Å². The molecule has 2 rings (SSSR count). The van der Waals surface area contributed by atoms with Crippen molar-refractivity contribution in [1.82, 2.24) is 5.32 Å². The topological polar surface area (TPSA) is 21.3 Å². The van der Waals surface area contributed by atoms with Crippen LogP contribution in [-0.4, -0.2) is 18.7 Å². The number of hydrogen-bond donors (Lipinski definition) is 1. The molecule has 2 aliphatic rings. The highest BCUT2D eigenvalue weighted by molar-refractivity contribution is 5.19. The summed E-state index contributed by atoms with van der Waals surface area (Å²) in [5.41, 5.74) is 0.153. The summed E-state index contributed by atoms with van der Waals surface area (Å²) in [6, 6.07) is 0. The summed E-state index contributed by atoms with van der Waals surface area (Å²) in [6.45, 7) is 6.62. The molecule has 1 N–H and O–H groups in total. The van der Waals surface area contributed by atoms with Crippen LogP contribution in [0.25, 0.3) is 0 Å². The quantitative estimate of drug-likeness (QED) is 0.731. The van der Waals surface area contributed by atoms with E-state index >= 15 is 0 Å². The third-order valence-corrected chi connectivity index (χ3v) is 3.55. The Balaban J connectivity index is 2.21. The monoisotopic (exact) mass is 195 g/mol. The highest BCUT2D eigenvalue weighted by atomic mass is 16.5. The van der Waals surface area contributed by atoms with Gasteiger partial charge in [-0.25, -0.2) is 0 Å². The van der Waals surface area contributed by atoms with Crippen LogP contribution in [0.15, 0.2) is 11.8 Å². The molecule has 1 saturated heterocycles. The fourth-order valence-electron chi connectivity index (χ4n) is 2.62. The van der Waals surface area contributed by atoms with Crippen molar-refractivity contribution in [2.45, 2.75) is 45.1 Å². The van der Waals surface area contributed by atoms with Crippen LogP contribution in [-0.2, 0) is 4.74 Å². The third kappa shape index (κ3) is 1.56. The number of rotatable bonds is 2. The summed E-state index contributed by atoms with van der Waals surface area (Å²) < 4.78 is 5.83. The van der Waals surface area contributed by atoms with Gasteiger partial charge in [-0.15, -0.1) is 0 Å². The first-order valence-electron chi connectivity index (χ1n) is 5.84. The van der Waals surface area contributed by atoms with Gasteiger partial charge >= 0.3 is 0 Å². The first-order chi connectivity index (χ1) is 6.76. The average molecular weight is 195 g/mol. The molecule has 2 nitrogen and oxygen atoms in total. The molecule has 14 heavy (non-hydrogen) atoms. The largest absolute Gasteiger partial charge is 0.496 e. The zero-order valence-electron chi connectivity index (χ0n) is 9.31. The second-order valence-corrected chi connectivity index (χ2v) is 4.72. The van der Waals surface area contributed by atoms with Gasteiger partial charge in [0, 0.05) is 0 Å². The Morgan fingerprint density at radius 3 is 2.79 bits per heavy atom. The van der Waals surface area contributed by atoms with Crippen LogP contribution in [0, 0.1) is 5.92 Å². The third-order valence-electron chi connectivity index (χ3n) is 3.55. The van der Waals surface area contributed by atoms with E-state index in [0.29, 0.717) is 5.92 Å². The van der Waals surface area contributed by atoms with E-state index in [0.717, 1.165) is 13.2 Å². The van der Waals surface area contributed by atoms with Gasteiger partial charge in [-0.05, 0) is 44.2 Å². The predicted octanol–water partition coefficient (Wildman–Crippen LogP) is 2.46. The molecule has 0 aromatic rings. The van der Waals surface area contributed by atoms with Crippen LogP contribution in [0.2, 0.25) is 0 Å². The van der Waals surface area contributed by atoms with Crippen LogP contribution in [0.5, 0.6) is 0 Å². The van der Waals surface area contributed by atoms with Gasteiger partial charge in [0.2, 0.25) is 0 Å². The Bertz CT molecular complexity index is 226. The summed E-state index contributed by atoms with van der Waals surface area (Å²) in [7, 11) is 0. The molecule has 0 aromatic heterocycles. The Kier molecular flexibility index (Phi) is 2.82. The molecule has 0 saturated carbocycles. The van der Waals surface area contributed by atoms with E-state index in [1.807, 2.05) is 0 Å². The molecule has 2 heterocycles. The van der Waals surface area contributed by atoms with Crippen molar-refractivity contribution >= 4 is 0 Å². The lowest BCUT2D eigenvalue weighted by atomic mass is 9.82. The van der Waals surface area contributed by atoms with E-state index in [1.165, 1.54) is 31.4 Å². The second-order valence-electron chi connectivity index (χ2n) is 4.72. The average Bonchev–Trinajstić information content (AvgIpc) is 2.69. The predicted molar refractivity (Wildman–Crippen MR) is 58.1 cm³/mol. The lowest BCUT2D eigenvalue weighted by Crippen LogP contribution is -2.47. The Labute approximate surface area is 86.7 Å². The molecule has 80 valence electrons. The van der Waals surface area contributed by atoms with Crippen LogP contribution in [0.3, 0.4) is 0 Å². The van der Waals surface area contributed by atoms with Gasteiger partial charge in [-0.3, -0.25) is 0 Å². The highest BCUT2D eigenvalue weighted by Crippen LogP contribution is 2.36. The van der Waals surface area contributed by atoms with Crippen molar-refractivity contribution in [3.63, 3.8) is 0 Å². The number of nitrogens with one attached hydrogen (secondary N) is 1.